The number of methoxy groups -OCH3 is 1. The maximum absolute atomic E-state index is 12.9. The molecule has 4 heteroatoms. The monoisotopic (exact) mass is 316 g/mol. The number of amides is 1. The lowest BCUT2D eigenvalue weighted by molar-refractivity contribution is -0.128. The van der Waals surface area contributed by atoms with Crippen molar-refractivity contribution in [2.24, 2.45) is 17.6 Å². The van der Waals surface area contributed by atoms with E-state index in [1.165, 1.54) is 5.56 Å². The summed E-state index contributed by atoms with van der Waals surface area (Å²) < 4.78 is 5.25. The number of carbonyl (C=O) groups is 1. The third kappa shape index (κ3) is 3.23. The van der Waals surface area contributed by atoms with Crippen molar-refractivity contribution < 1.29 is 9.53 Å². The molecule has 3 N–H and O–H groups in total. The van der Waals surface area contributed by atoms with Gasteiger partial charge in [0.25, 0.3) is 0 Å². The first kappa shape index (κ1) is 16.3. The fourth-order valence-electron chi connectivity index (χ4n) is 4.37. The van der Waals surface area contributed by atoms with Crippen LogP contribution in [0.3, 0.4) is 0 Å². The van der Waals surface area contributed by atoms with Crippen LogP contribution >= 0.6 is 0 Å². The highest BCUT2D eigenvalue weighted by Crippen LogP contribution is 2.40. The van der Waals surface area contributed by atoms with Gasteiger partial charge in [-0.05, 0) is 55.8 Å². The molecule has 1 amide bonds. The van der Waals surface area contributed by atoms with Gasteiger partial charge < -0.3 is 15.8 Å². The topological polar surface area (TPSA) is 64.3 Å². The Labute approximate surface area is 138 Å². The minimum Gasteiger partial charge on any atom is -0.497 e. The molecule has 0 bridgehead atoms. The van der Waals surface area contributed by atoms with E-state index in [1.54, 1.807) is 7.11 Å². The first-order chi connectivity index (χ1) is 11.2. The summed E-state index contributed by atoms with van der Waals surface area (Å²) in [6.45, 7) is 0.619. The van der Waals surface area contributed by atoms with Crippen LogP contribution in [0.25, 0.3) is 0 Å². The van der Waals surface area contributed by atoms with Crippen molar-refractivity contribution in [3.8, 4) is 5.75 Å². The van der Waals surface area contributed by atoms with Crippen LogP contribution in [0.2, 0.25) is 0 Å². The van der Waals surface area contributed by atoms with E-state index < -0.39 is 0 Å². The molecule has 0 unspecified atom stereocenters. The molecular formula is C19H28N2O2. The average molecular weight is 316 g/mol. The highest BCUT2D eigenvalue weighted by molar-refractivity contribution is 5.80. The van der Waals surface area contributed by atoms with Crippen LogP contribution in [0, 0.1) is 11.8 Å². The molecule has 2 saturated carbocycles. The lowest BCUT2D eigenvalue weighted by Gasteiger charge is -2.33. The summed E-state index contributed by atoms with van der Waals surface area (Å²) in [6, 6.07) is 8.17. The van der Waals surface area contributed by atoms with E-state index in [9.17, 15) is 4.79 Å². The summed E-state index contributed by atoms with van der Waals surface area (Å²) in [5, 5.41) is 3.42. The van der Waals surface area contributed by atoms with Gasteiger partial charge in [0.2, 0.25) is 5.91 Å². The fraction of sp³-hybridized carbons (Fsp3) is 0.632. The molecule has 2 fully saturated rings. The predicted molar refractivity (Wildman–Crippen MR) is 91.2 cm³/mol. The van der Waals surface area contributed by atoms with Crippen LogP contribution in [-0.4, -0.2) is 19.6 Å². The Bertz CT molecular complexity index is 535. The van der Waals surface area contributed by atoms with Crippen molar-refractivity contribution in [2.45, 2.75) is 50.5 Å². The Kier molecular flexibility index (Phi) is 4.90. The molecular weight excluding hydrogens is 288 g/mol. The van der Waals surface area contributed by atoms with Gasteiger partial charge in [-0.15, -0.1) is 0 Å². The fourth-order valence-corrected chi connectivity index (χ4v) is 4.37. The van der Waals surface area contributed by atoms with Gasteiger partial charge >= 0.3 is 0 Å². The Hall–Kier alpha value is -1.55. The van der Waals surface area contributed by atoms with Gasteiger partial charge in [-0.3, -0.25) is 4.79 Å². The first-order valence-electron chi connectivity index (χ1n) is 8.85. The molecule has 1 aromatic rings. The van der Waals surface area contributed by atoms with Gasteiger partial charge in [0.15, 0.2) is 0 Å². The summed E-state index contributed by atoms with van der Waals surface area (Å²) >= 11 is 0. The van der Waals surface area contributed by atoms with E-state index in [0.717, 1.165) is 50.7 Å². The van der Waals surface area contributed by atoms with Crippen molar-refractivity contribution in [3.63, 3.8) is 0 Å². The number of carbonyl (C=O) groups excluding carboxylic acids is 1. The number of hydrogen-bond donors (Lipinski definition) is 2. The van der Waals surface area contributed by atoms with Gasteiger partial charge in [0.1, 0.15) is 5.75 Å². The Morgan fingerprint density at radius 1 is 1.22 bits per heavy atom. The van der Waals surface area contributed by atoms with Crippen LogP contribution in [0.1, 0.15) is 50.5 Å². The lowest BCUT2D eigenvalue weighted by Crippen LogP contribution is -2.47. The molecule has 2 aliphatic rings. The molecule has 0 aliphatic heterocycles. The van der Waals surface area contributed by atoms with Crippen LogP contribution in [0.4, 0.5) is 0 Å². The molecule has 2 atom stereocenters. The van der Waals surface area contributed by atoms with Crippen molar-refractivity contribution >= 4 is 5.91 Å². The molecule has 3 rings (SSSR count). The zero-order valence-corrected chi connectivity index (χ0v) is 14.0. The van der Waals surface area contributed by atoms with E-state index in [2.05, 4.69) is 17.4 Å². The summed E-state index contributed by atoms with van der Waals surface area (Å²) in [4.78, 5) is 12.9. The summed E-state index contributed by atoms with van der Waals surface area (Å²) in [5.74, 6) is 1.50. The van der Waals surface area contributed by atoms with Crippen LogP contribution < -0.4 is 15.8 Å². The SMILES string of the molecule is COc1ccc(C2(NC(=O)[C@@H]3CCC[C@@H]3CN)CCCC2)cc1. The standard InChI is InChI=1S/C19H28N2O2/c1-23-16-9-7-15(8-10-16)19(11-2-3-12-19)21-18(22)17-6-4-5-14(17)13-20/h7-10,14,17H,2-6,11-13,20H2,1H3,(H,21,22)/t14-,17-/m1/s1. The normalized spacial score (nSPS) is 26.2. The molecule has 0 radical (unpaired) electrons. The van der Waals surface area contributed by atoms with Crippen molar-refractivity contribution in [1.82, 2.24) is 5.32 Å². The number of nitrogens with two attached hydrogens (primary N) is 1. The van der Waals surface area contributed by atoms with E-state index in [0.29, 0.717) is 12.5 Å². The molecule has 2 aliphatic carbocycles. The summed E-state index contributed by atoms with van der Waals surface area (Å²) in [7, 11) is 1.68. The van der Waals surface area contributed by atoms with Crippen molar-refractivity contribution in [1.29, 1.82) is 0 Å². The predicted octanol–water partition coefficient (Wildman–Crippen LogP) is 2.96. The van der Waals surface area contributed by atoms with Gasteiger partial charge in [-0.25, -0.2) is 0 Å². The van der Waals surface area contributed by atoms with Crippen molar-refractivity contribution in [2.75, 3.05) is 13.7 Å². The number of nitrogens with one attached hydrogen (secondary N) is 1. The van der Waals surface area contributed by atoms with E-state index in [-0.39, 0.29) is 17.4 Å². The maximum atomic E-state index is 12.9. The van der Waals surface area contributed by atoms with Gasteiger partial charge in [0.05, 0.1) is 12.6 Å². The smallest absolute Gasteiger partial charge is 0.224 e. The Morgan fingerprint density at radius 3 is 2.52 bits per heavy atom. The van der Waals surface area contributed by atoms with Gasteiger partial charge in [-0.1, -0.05) is 31.4 Å². The maximum Gasteiger partial charge on any atom is 0.224 e. The minimum atomic E-state index is -0.203. The molecule has 0 heterocycles. The second kappa shape index (κ2) is 6.91. The second-order valence-electron chi connectivity index (χ2n) is 7.04. The molecule has 23 heavy (non-hydrogen) atoms. The number of benzene rings is 1. The highest BCUT2D eigenvalue weighted by atomic mass is 16.5. The average Bonchev–Trinajstić information content (AvgIpc) is 3.24. The van der Waals surface area contributed by atoms with Crippen LogP contribution in [0.5, 0.6) is 5.75 Å². The molecule has 126 valence electrons. The number of hydrogen-bond acceptors (Lipinski definition) is 3. The zero-order chi connectivity index (χ0) is 16.3. The Balaban J connectivity index is 1.79. The summed E-state index contributed by atoms with van der Waals surface area (Å²) in [6.07, 6.45) is 7.55. The molecule has 4 nitrogen and oxygen atoms in total. The molecule has 0 saturated heterocycles. The van der Waals surface area contributed by atoms with E-state index >= 15 is 0 Å². The highest BCUT2D eigenvalue weighted by Gasteiger charge is 2.40. The quantitative estimate of drug-likeness (QED) is 0.878. The molecule has 0 spiro atoms. The van der Waals surface area contributed by atoms with Crippen LogP contribution in [-0.2, 0) is 10.3 Å². The van der Waals surface area contributed by atoms with Crippen LogP contribution in [0.15, 0.2) is 24.3 Å². The van der Waals surface area contributed by atoms with E-state index in [1.807, 2.05) is 12.1 Å². The largest absolute Gasteiger partial charge is 0.497 e. The number of ether oxygens (including phenoxy) is 1. The van der Waals surface area contributed by atoms with E-state index in [4.69, 9.17) is 10.5 Å². The molecule has 0 aromatic heterocycles. The zero-order valence-electron chi connectivity index (χ0n) is 14.0. The van der Waals surface area contributed by atoms with Gasteiger partial charge in [0, 0.05) is 5.92 Å². The third-order valence-electron chi connectivity index (χ3n) is 5.76. The third-order valence-corrected chi connectivity index (χ3v) is 5.76. The summed E-state index contributed by atoms with van der Waals surface area (Å²) in [5.41, 5.74) is 6.85. The first-order valence-corrected chi connectivity index (χ1v) is 8.85. The molecule has 1 aromatic carbocycles. The van der Waals surface area contributed by atoms with Crippen molar-refractivity contribution in [3.05, 3.63) is 29.8 Å². The lowest BCUT2D eigenvalue weighted by atomic mass is 9.86. The number of rotatable bonds is 5. The Morgan fingerprint density at radius 2 is 1.91 bits per heavy atom. The second-order valence-corrected chi connectivity index (χ2v) is 7.04. The minimum absolute atomic E-state index is 0.0933. The van der Waals surface area contributed by atoms with Gasteiger partial charge in [-0.2, -0.15) is 0 Å².